The monoisotopic (exact) mass is 466 g/mol. The van der Waals surface area contributed by atoms with E-state index in [1.54, 1.807) is 24.4 Å². The lowest BCUT2D eigenvalue weighted by Gasteiger charge is -2.13. The number of carbonyl (C=O) groups excluding carboxylic acids is 1. The van der Waals surface area contributed by atoms with Crippen LogP contribution in [0.5, 0.6) is 11.5 Å². The number of para-hydroxylation sites is 2. The van der Waals surface area contributed by atoms with Gasteiger partial charge < -0.3 is 9.47 Å². The van der Waals surface area contributed by atoms with E-state index < -0.39 is 0 Å². The average Bonchev–Trinajstić information content (AvgIpc) is 2.73. The maximum atomic E-state index is 12.5. The van der Waals surface area contributed by atoms with Crippen LogP contribution in [-0.4, -0.2) is 18.2 Å². The van der Waals surface area contributed by atoms with Gasteiger partial charge in [0.1, 0.15) is 18.1 Å². The van der Waals surface area contributed by atoms with Gasteiger partial charge in [-0.15, -0.1) is 0 Å². The Morgan fingerprint density at radius 3 is 2.53 bits per heavy atom. The fourth-order valence-corrected chi connectivity index (χ4v) is 3.18. The smallest absolute Gasteiger partial charge is 0.275 e. The predicted molar refractivity (Wildman–Crippen MR) is 122 cm³/mol. The van der Waals surface area contributed by atoms with Gasteiger partial charge >= 0.3 is 0 Å². The zero-order valence-corrected chi connectivity index (χ0v) is 18.4. The Hall–Kier alpha value is -3.12. The lowest BCUT2D eigenvalue weighted by Crippen LogP contribution is -2.19. The largest absolute Gasteiger partial charge is 0.490 e. The van der Waals surface area contributed by atoms with Crippen molar-refractivity contribution < 1.29 is 14.3 Å². The minimum atomic E-state index is -0.338. The molecule has 0 bridgehead atoms. The molecule has 3 rings (SSSR count). The molecule has 1 N–H and O–H groups in total. The highest BCUT2D eigenvalue weighted by molar-refractivity contribution is 9.10. The summed E-state index contributed by atoms with van der Waals surface area (Å²) < 4.78 is 12.6. The van der Waals surface area contributed by atoms with Gasteiger partial charge in [-0.1, -0.05) is 52.3 Å². The second-order valence-corrected chi connectivity index (χ2v) is 7.73. The number of hydrazone groups is 1. The van der Waals surface area contributed by atoms with Crippen LogP contribution in [0.15, 0.2) is 82.4 Å². The zero-order valence-electron chi connectivity index (χ0n) is 16.8. The van der Waals surface area contributed by atoms with Crippen LogP contribution in [0.1, 0.15) is 35.3 Å². The van der Waals surface area contributed by atoms with Gasteiger partial charge in [0.2, 0.25) is 0 Å². The maximum Gasteiger partial charge on any atom is 0.275 e. The number of carbonyl (C=O) groups is 1. The molecular formula is C24H23BrN2O3. The van der Waals surface area contributed by atoms with Gasteiger partial charge in [-0.05, 0) is 55.8 Å². The van der Waals surface area contributed by atoms with Crippen molar-refractivity contribution >= 4 is 28.1 Å². The van der Waals surface area contributed by atoms with Gasteiger partial charge in [0.05, 0.1) is 17.9 Å². The molecule has 3 aromatic rings. The highest BCUT2D eigenvalue weighted by Crippen LogP contribution is 2.20. The summed E-state index contributed by atoms with van der Waals surface area (Å²) in [6, 6.07) is 22.6. The third kappa shape index (κ3) is 6.19. The van der Waals surface area contributed by atoms with E-state index in [1.807, 2.05) is 68.4 Å². The van der Waals surface area contributed by atoms with Crippen molar-refractivity contribution in [1.29, 1.82) is 0 Å². The first kappa shape index (κ1) is 21.6. The summed E-state index contributed by atoms with van der Waals surface area (Å²) in [7, 11) is 0. The fourth-order valence-electron chi connectivity index (χ4n) is 2.74. The standard InChI is InChI=1S/C24H23BrN2O3/c1-17(2)30-23-13-6-4-11-21(23)24(28)27-26-15-19-9-3-5-12-22(19)29-16-18-8-7-10-20(25)14-18/h3-15,17H,16H2,1-2H3,(H,27,28). The number of ether oxygens (including phenoxy) is 2. The second kappa shape index (κ2) is 10.6. The van der Waals surface area contributed by atoms with Crippen molar-refractivity contribution in [1.82, 2.24) is 5.43 Å². The van der Waals surface area contributed by atoms with Crippen LogP contribution in [0, 0.1) is 0 Å². The summed E-state index contributed by atoms with van der Waals surface area (Å²) in [5.74, 6) is 0.868. The van der Waals surface area contributed by atoms with E-state index in [4.69, 9.17) is 9.47 Å². The third-order valence-electron chi connectivity index (χ3n) is 4.07. The van der Waals surface area contributed by atoms with E-state index in [2.05, 4.69) is 26.5 Å². The first-order valence-corrected chi connectivity index (χ1v) is 10.4. The third-order valence-corrected chi connectivity index (χ3v) is 4.56. The van der Waals surface area contributed by atoms with Crippen LogP contribution in [0.4, 0.5) is 0 Å². The van der Waals surface area contributed by atoms with Gasteiger partial charge in [0, 0.05) is 10.0 Å². The Balaban J connectivity index is 1.66. The van der Waals surface area contributed by atoms with Gasteiger partial charge in [-0.25, -0.2) is 5.43 Å². The van der Waals surface area contributed by atoms with Crippen molar-refractivity contribution in [2.45, 2.75) is 26.6 Å². The molecule has 0 aromatic heterocycles. The van der Waals surface area contributed by atoms with Crippen molar-refractivity contribution in [3.8, 4) is 11.5 Å². The molecular weight excluding hydrogens is 444 g/mol. The molecule has 0 aliphatic rings. The van der Waals surface area contributed by atoms with Crippen molar-refractivity contribution in [3.63, 3.8) is 0 Å². The molecule has 1 amide bonds. The highest BCUT2D eigenvalue weighted by Gasteiger charge is 2.12. The first-order valence-electron chi connectivity index (χ1n) is 9.58. The molecule has 0 spiro atoms. The van der Waals surface area contributed by atoms with Crippen LogP contribution >= 0.6 is 15.9 Å². The predicted octanol–water partition coefficient (Wildman–Crippen LogP) is 5.58. The highest BCUT2D eigenvalue weighted by atomic mass is 79.9. The Morgan fingerprint density at radius 2 is 1.77 bits per heavy atom. The number of hydrogen-bond donors (Lipinski definition) is 1. The van der Waals surface area contributed by atoms with E-state index in [0.717, 1.165) is 15.6 Å². The number of amides is 1. The van der Waals surface area contributed by atoms with Crippen LogP contribution in [0.25, 0.3) is 0 Å². The summed E-state index contributed by atoms with van der Waals surface area (Å²) in [4.78, 5) is 12.5. The molecule has 0 aliphatic heterocycles. The minimum Gasteiger partial charge on any atom is -0.490 e. The van der Waals surface area contributed by atoms with E-state index in [1.165, 1.54) is 0 Å². The average molecular weight is 467 g/mol. The molecule has 0 heterocycles. The second-order valence-electron chi connectivity index (χ2n) is 6.82. The van der Waals surface area contributed by atoms with Crippen molar-refractivity contribution in [2.75, 3.05) is 0 Å². The Morgan fingerprint density at radius 1 is 1.03 bits per heavy atom. The molecule has 0 radical (unpaired) electrons. The van der Waals surface area contributed by atoms with E-state index in [9.17, 15) is 4.79 Å². The molecule has 0 saturated carbocycles. The zero-order chi connectivity index (χ0) is 21.3. The maximum absolute atomic E-state index is 12.5. The van der Waals surface area contributed by atoms with Crippen molar-refractivity contribution in [3.05, 3.63) is 94.0 Å². The summed E-state index contributed by atoms with van der Waals surface area (Å²) in [5, 5.41) is 4.10. The van der Waals surface area contributed by atoms with Crippen LogP contribution in [-0.2, 0) is 6.61 Å². The summed E-state index contributed by atoms with van der Waals surface area (Å²) in [6.45, 7) is 4.26. The number of rotatable bonds is 8. The number of halogens is 1. The summed E-state index contributed by atoms with van der Waals surface area (Å²) in [6.07, 6.45) is 1.54. The van der Waals surface area contributed by atoms with E-state index >= 15 is 0 Å². The quantitative estimate of drug-likeness (QED) is 0.348. The summed E-state index contributed by atoms with van der Waals surface area (Å²) in [5.41, 5.74) is 4.80. The molecule has 30 heavy (non-hydrogen) atoms. The molecule has 0 fully saturated rings. The molecule has 154 valence electrons. The van der Waals surface area contributed by atoms with Crippen LogP contribution in [0.3, 0.4) is 0 Å². The lowest BCUT2D eigenvalue weighted by molar-refractivity contribution is 0.0949. The SMILES string of the molecule is CC(C)Oc1ccccc1C(=O)NN=Cc1ccccc1OCc1cccc(Br)c1. The topological polar surface area (TPSA) is 59.9 Å². The molecule has 6 heteroatoms. The Kier molecular flexibility index (Phi) is 7.63. The van der Waals surface area contributed by atoms with E-state index in [-0.39, 0.29) is 12.0 Å². The number of nitrogens with zero attached hydrogens (tertiary/aromatic N) is 1. The number of nitrogens with one attached hydrogen (secondary N) is 1. The molecule has 0 aliphatic carbocycles. The Bertz CT molecular complexity index is 1030. The first-order chi connectivity index (χ1) is 14.5. The van der Waals surface area contributed by atoms with E-state index in [0.29, 0.717) is 23.7 Å². The summed E-state index contributed by atoms with van der Waals surface area (Å²) >= 11 is 3.46. The number of hydrogen-bond acceptors (Lipinski definition) is 4. The Labute approximate surface area is 184 Å². The van der Waals surface area contributed by atoms with Gasteiger partial charge in [-0.3, -0.25) is 4.79 Å². The molecule has 0 atom stereocenters. The van der Waals surface area contributed by atoms with Gasteiger partial charge in [-0.2, -0.15) is 5.10 Å². The van der Waals surface area contributed by atoms with Crippen LogP contribution in [0.2, 0.25) is 0 Å². The fraction of sp³-hybridized carbons (Fsp3) is 0.167. The van der Waals surface area contributed by atoms with Crippen molar-refractivity contribution in [2.24, 2.45) is 5.10 Å². The normalized spacial score (nSPS) is 10.9. The molecule has 5 nitrogen and oxygen atoms in total. The van der Waals surface area contributed by atoms with Crippen LogP contribution < -0.4 is 14.9 Å². The van der Waals surface area contributed by atoms with Gasteiger partial charge in [0.25, 0.3) is 5.91 Å². The number of benzene rings is 3. The van der Waals surface area contributed by atoms with Gasteiger partial charge in [0.15, 0.2) is 0 Å². The molecule has 3 aromatic carbocycles. The molecule has 0 unspecified atom stereocenters. The minimum absolute atomic E-state index is 0.0308. The lowest BCUT2D eigenvalue weighted by atomic mass is 10.2. The molecule has 0 saturated heterocycles.